The van der Waals surface area contributed by atoms with Crippen LogP contribution < -0.4 is 0 Å². The van der Waals surface area contributed by atoms with Crippen molar-refractivity contribution in [1.82, 2.24) is 9.19 Å². The third kappa shape index (κ3) is 3.58. The molecule has 0 amide bonds. The second-order valence-corrected chi connectivity index (χ2v) is 8.85. The monoisotopic (exact) mass is 410 g/mol. The van der Waals surface area contributed by atoms with E-state index < -0.39 is 0 Å². The molecule has 0 N–H and O–H groups in total. The second kappa shape index (κ2) is 7.69. The van der Waals surface area contributed by atoms with Gasteiger partial charge in [0.25, 0.3) is 0 Å². The van der Waals surface area contributed by atoms with Crippen LogP contribution in [-0.4, -0.2) is 29.7 Å². The molecule has 0 saturated heterocycles. The van der Waals surface area contributed by atoms with E-state index in [1.165, 1.54) is 27.7 Å². The standard InChI is InChI=1S/C22H22N2OSe/c1-15-10-12-17(13-11-15)20(25)14-19(16-6-3-2-4-7-16)18-8-5-9-21-22(18)23-24-26-21/h2-4,6-7,10-13,18-19H,5,8-9,14H2,1H3/t18-,19-/m0/s1. The minimum absolute atomic E-state index is 0.170. The summed E-state index contributed by atoms with van der Waals surface area (Å²) in [7, 11) is 0. The number of hydrogen-bond donors (Lipinski definition) is 0. The number of hydrogen-bond acceptors (Lipinski definition) is 3. The first-order chi connectivity index (χ1) is 12.7. The number of ketones is 1. The van der Waals surface area contributed by atoms with E-state index in [9.17, 15) is 4.79 Å². The van der Waals surface area contributed by atoms with Crippen LogP contribution >= 0.6 is 0 Å². The summed E-state index contributed by atoms with van der Waals surface area (Å²) in [6.07, 6.45) is 3.93. The van der Waals surface area contributed by atoms with Gasteiger partial charge in [0, 0.05) is 0 Å². The summed E-state index contributed by atoms with van der Waals surface area (Å²) in [6.45, 7) is 2.05. The Kier molecular flexibility index (Phi) is 5.14. The summed E-state index contributed by atoms with van der Waals surface area (Å²) >= 11 is 0.177. The van der Waals surface area contributed by atoms with Gasteiger partial charge >= 0.3 is 160 Å². The number of carbonyl (C=O) groups excluding carboxylic acids is 1. The van der Waals surface area contributed by atoms with Gasteiger partial charge in [0.2, 0.25) is 0 Å². The molecule has 3 nitrogen and oxygen atoms in total. The molecular formula is C22H22N2OSe. The Morgan fingerprint density at radius 2 is 1.92 bits per heavy atom. The quantitative estimate of drug-likeness (QED) is 0.466. The van der Waals surface area contributed by atoms with Crippen molar-refractivity contribution in [3.8, 4) is 0 Å². The van der Waals surface area contributed by atoms with Gasteiger partial charge in [-0.3, -0.25) is 0 Å². The topological polar surface area (TPSA) is 42.9 Å². The van der Waals surface area contributed by atoms with E-state index in [0.717, 1.165) is 18.4 Å². The second-order valence-electron chi connectivity index (χ2n) is 7.09. The maximum absolute atomic E-state index is 13.0. The van der Waals surface area contributed by atoms with Crippen molar-refractivity contribution >= 4 is 20.5 Å². The Hall–Kier alpha value is -2.03. The number of Topliss-reactive ketones (excluding diaryl/α,β-unsaturated/α-hetero) is 1. The van der Waals surface area contributed by atoms with Crippen LogP contribution in [0.3, 0.4) is 0 Å². The average molecular weight is 409 g/mol. The van der Waals surface area contributed by atoms with Crippen LogP contribution in [0.15, 0.2) is 54.6 Å². The van der Waals surface area contributed by atoms with Crippen molar-refractivity contribution in [1.29, 1.82) is 0 Å². The van der Waals surface area contributed by atoms with Crippen molar-refractivity contribution in [3.05, 3.63) is 81.4 Å². The normalized spacial score (nSPS) is 17.5. The third-order valence-electron chi connectivity index (χ3n) is 5.35. The van der Waals surface area contributed by atoms with E-state index in [-0.39, 0.29) is 26.4 Å². The van der Waals surface area contributed by atoms with Gasteiger partial charge in [0.05, 0.1) is 0 Å². The molecule has 1 aromatic heterocycles. The molecule has 0 bridgehead atoms. The Morgan fingerprint density at radius 3 is 2.69 bits per heavy atom. The first-order valence-corrected chi connectivity index (χ1v) is 10.8. The van der Waals surface area contributed by atoms with Gasteiger partial charge < -0.3 is 0 Å². The summed E-state index contributed by atoms with van der Waals surface area (Å²) in [6, 6.07) is 18.4. The molecule has 0 aliphatic heterocycles. The van der Waals surface area contributed by atoms with Gasteiger partial charge in [-0.05, 0) is 0 Å². The van der Waals surface area contributed by atoms with Gasteiger partial charge in [-0.25, -0.2) is 0 Å². The molecule has 0 fully saturated rings. The van der Waals surface area contributed by atoms with Crippen LogP contribution in [0.5, 0.6) is 0 Å². The first-order valence-electron chi connectivity index (χ1n) is 9.18. The number of carbonyl (C=O) groups is 1. The van der Waals surface area contributed by atoms with Crippen LogP contribution in [0.25, 0.3) is 0 Å². The molecule has 1 aliphatic carbocycles. The predicted octanol–water partition coefficient (Wildman–Crippen LogP) is 4.32. The van der Waals surface area contributed by atoms with E-state index in [1.807, 2.05) is 37.3 Å². The zero-order valence-electron chi connectivity index (χ0n) is 14.9. The maximum atomic E-state index is 13.0. The number of aromatic nitrogens is 2. The Balaban J connectivity index is 1.66. The Morgan fingerprint density at radius 1 is 1.15 bits per heavy atom. The van der Waals surface area contributed by atoms with E-state index >= 15 is 0 Å². The van der Waals surface area contributed by atoms with Gasteiger partial charge in [-0.1, -0.05) is 0 Å². The molecule has 0 unspecified atom stereocenters. The molecule has 1 aliphatic rings. The van der Waals surface area contributed by atoms with Crippen LogP contribution in [0, 0.1) is 6.92 Å². The SMILES string of the molecule is Cc1ccc(C(=O)C[C@@H](c2ccccc2)[C@@H]2CCCc3[se]nnc32)cc1. The molecular weight excluding hydrogens is 387 g/mol. The average Bonchev–Trinajstić information content (AvgIpc) is 3.16. The molecule has 0 radical (unpaired) electrons. The van der Waals surface area contributed by atoms with Gasteiger partial charge in [0.1, 0.15) is 0 Å². The van der Waals surface area contributed by atoms with Crippen LogP contribution in [0.2, 0.25) is 0 Å². The van der Waals surface area contributed by atoms with Gasteiger partial charge in [0.15, 0.2) is 0 Å². The zero-order valence-corrected chi connectivity index (χ0v) is 16.6. The van der Waals surface area contributed by atoms with Crippen molar-refractivity contribution in [2.24, 2.45) is 0 Å². The molecule has 0 spiro atoms. The molecule has 2 atom stereocenters. The number of aryl methyl sites for hydroxylation is 2. The third-order valence-corrected chi connectivity index (χ3v) is 7.02. The minimum atomic E-state index is 0.170. The van der Waals surface area contributed by atoms with Crippen molar-refractivity contribution in [2.45, 2.75) is 44.4 Å². The number of nitrogens with zero attached hydrogens (tertiary/aromatic N) is 2. The van der Waals surface area contributed by atoms with Crippen LogP contribution in [0.4, 0.5) is 0 Å². The molecule has 1 heterocycles. The fraction of sp³-hybridized carbons (Fsp3) is 0.318. The van der Waals surface area contributed by atoms with Crippen molar-refractivity contribution < 1.29 is 4.79 Å². The Bertz CT molecular complexity index is 886. The molecule has 4 rings (SSSR count). The van der Waals surface area contributed by atoms with E-state index in [4.69, 9.17) is 0 Å². The van der Waals surface area contributed by atoms with E-state index in [1.54, 1.807) is 0 Å². The van der Waals surface area contributed by atoms with Gasteiger partial charge in [-0.15, -0.1) is 0 Å². The zero-order chi connectivity index (χ0) is 17.9. The Labute approximate surface area is 160 Å². The van der Waals surface area contributed by atoms with Crippen LogP contribution in [-0.2, 0) is 6.42 Å². The summed E-state index contributed by atoms with van der Waals surface area (Å²) in [4.78, 5) is 13.0. The predicted molar refractivity (Wildman–Crippen MR) is 104 cm³/mol. The van der Waals surface area contributed by atoms with E-state index in [2.05, 4.69) is 33.5 Å². The van der Waals surface area contributed by atoms with Gasteiger partial charge in [-0.2, -0.15) is 0 Å². The molecule has 4 heteroatoms. The number of benzene rings is 2. The number of fused-ring (bicyclic) bond motifs is 1. The summed E-state index contributed by atoms with van der Waals surface area (Å²) in [5.41, 5.74) is 4.40. The van der Waals surface area contributed by atoms with Crippen LogP contribution in [0.1, 0.15) is 62.7 Å². The molecule has 2 aromatic carbocycles. The summed E-state index contributed by atoms with van der Waals surface area (Å²) in [5, 5.41) is 4.50. The van der Waals surface area contributed by atoms with E-state index in [0.29, 0.717) is 12.3 Å². The summed E-state index contributed by atoms with van der Waals surface area (Å²) < 4.78 is 5.77. The fourth-order valence-electron chi connectivity index (χ4n) is 3.93. The van der Waals surface area contributed by atoms with Crippen molar-refractivity contribution in [2.75, 3.05) is 0 Å². The fourth-order valence-corrected chi connectivity index (χ4v) is 5.50. The molecule has 26 heavy (non-hydrogen) atoms. The molecule has 0 saturated carbocycles. The molecule has 3 aromatic rings. The first kappa shape index (κ1) is 17.4. The molecule has 132 valence electrons. The number of rotatable bonds is 5. The van der Waals surface area contributed by atoms with Crippen molar-refractivity contribution in [3.63, 3.8) is 0 Å². The summed E-state index contributed by atoms with van der Waals surface area (Å²) in [5.74, 6) is 0.693.